The van der Waals surface area contributed by atoms with Crippen molar-refractivity contribution in [3.05, 3.63) is 31.2 Å². The largest absolute Gasteiger partial charge is 0.485 e. The molecular formula is C13H16Br2N2O4. The Balaban J connectivity index is 2.11. The Kier molecular flexibility index (Phi) is 5.59. The topological polar surface area (TPSA) is 87.6 Å². The van der Waals surface area contributed by atoms with Gasteiger partial charge in [-0.25, -0.2) is 0 Å². The second-order valence-corrected chi connectivity index (χ2v) is 6.60. The van der Waals surface area contributed by atoms with E-state index in [1.165, 1.54) is 12.1 Å². The quantitative estimate of drug-likeness (QED) is 0.559. The van der Waals surface area contributed by atoms with E-state index in [4.69, 9.17) is 15.2 Å². The van der Waals surface area contributed by atoms with Crippen molar-refractivity contribution in [1.82, 2.24) is 0 Å². The second-order valence-electron chi connectivity index (χ2n) is 4.89. The third-order valence-corrected chi connectivity index (χ3v) is 4.45. The lowest BCUT2D eigenvalue weighted by molar-refractivity contribution is -0.385. The van der Waals surface area contributed by atoms with E-state index < -0.39 is 4.92 Å². The van der Waals surface area contributed by atoms with Gasteiger partial charge in [-0.05, 0) is 38.3 Å². The summed E-state index contributed by atoms with van der Waals surface area (Å²) in [7, 11) is 0. The highest BCUT2D eigenvalue weighted by Gasteiger charge is 2.42. The predicted molar refractivity (Wildman–Crippen MR) is 85.5 cm³/mol. The van der Waals surface area contributed by atoms with E-state index in [0.717, 1.165) is 6.42 Å². The monoisotopic (exact) mass is 422 g/mol. The highest BCUT2D eigenvalue weighted by Crippen LogP contribution is 2.40. The molecule has 0 radical (unpaired) electrons. The normalized spacial score (nSPS) is 24.5. The van der Waals surface area contributed by atoms with Crippen LogP contribution in [0.4, 0.5) is 5.69 Å². The molecule has 1 aromatic rings. The number of hydrogen-bond donors (Lipinski definition) is 1. The first-order chi connectivity index (χ1) is 9.93. The molecule has 1 saturated carbocycles. The molecule has 0 amide bonds. The SMILES string of the molecule is CCCOC1C(N)CC1Oc1c(Br)cc([N+](=O)[O-])cc1Br. The number of halogens is 2. The zero-order chi connectivity index (χ0) is 15.6. The fourth-order valence-corrected chi connectivity index (χ4v) is 3.48. The molecule has 2 N–H and O–H groups in total. The summed E-state index contributed by atoms with van der Waals surface area (Å²) in [4.78, 5) is 10.4. The minimum absolute atomic E-state index is 0.00908. The van der Waals surface area contributed by atoms with E-state index in [2.05, 4.69) is 31.9 Å². The zero-order valence-electron chi connectivity index (χ0n) is 11.4. The molecule has 1 aliphatic rings. The average molecular weight is 424 g/mol. The maximum Gasteiger partial charge on any atom is 0.271 e. The number of nitrogens with zero attached hydrogens (tertiary/aromatic N) is 1. The van der Waals surface area contributed by atoms with Crippen LogP contribution in [0.25, 0.3) is 0 Å². The molecule has 1 aromatic carbocycles. The van der Waals surface area contributed by atoms with Gasteiger partial charge < -0.3 is 15.2 Å². The van der Waals surface area contributed by atoms with Crippen LogP contribution in [0, 0.1) is 10.1 Å². The van der Waals surface area contributed by atoms with E-state index in [1.807, 2.05) is 6.92 Å². The fraction of sp³-hybridized carbons (Fsp3) is 0.538. The van der Waals surface area contributed by atoms with E-state index in [9.17, 15) is 10.1 Å². The van der Waals surface area contributed by atoms with Crippen molar-refractivity contribution < 1.29 is 14.4 Å². The van der Waals surface area contributed by atoms with Crippen LogP contribution < -0.4 is 10.5 Å². The molecule has 0 bridgehead atoms. The molecular weight excluding hydrogens is 408 g/mol. The molecule has 116 valence electrons. The van der Waals surface area contributed by atoms with Crippen molar-refractivity contribution in [2.45, 2.75) is 38.0 Å². The van der Waals surface area contributed by atoms with Gasteiger partial charge in [-0.15, -0.1) is 0 Å². The lowest BCUT2D eigenvalue weighted by Crippen LogP contribution is -2.59. The summed E-state index contributed by atoms with van der Waals surface area (Å²) in [5.41, 5.74) is 5.92. The standard InChI is InChI=1S/C13H16Br2N2O4/c1-2-3-20-13-10(16)6-11(13)21-12-8(14)4-7(17(18)19)5-9(12)15/h4-5,10-11,13H,2-3,6,16H2,1H3. The lowest BCUT2D eigenvalue weighted by atomic mass is 9.86. The van der Waals surface area contributed by atoms with Crippen molar-refractivity contribution in [2.75, 3.05) is 6.61 Å². The van der Waals surface area contributed by atoms with Gasteiger partial charge in [0.05, 0.1) is 13.9 Å². The third-order valence-electron chi connectivity index (χ3n) is 3.27. The van der Waals surface area contributed by atoms with Crippen LogP contribution in [0.2, 0.25) is 0 Å². The number of rotatable bonds is 6. The number of nitro benzene ring substituents is 1. The summed E-state index contributed by atoms with van der Waals surface area (Å²) in [5, 5.41) is 10.8. The maximum atomic E-state index is 10.8. The molecule has 0 spiro atoms. The van der Waals surface area contributed by atoms with Crippen molar-refractivity contribution in [2.24, 2.45) is 5.73 Å². The number of hydrogen-bond acceptors (Lipinski definition) is 5. The van der Waals surface area contributed by atoms with Gasteiger partial charge >= 0.3 is 0 Å². The molecule has 0 aromatic heterocycles. The van der Waals surface area contributed by atoms with Crippen LogP contribution >= 0.6 is 31.9 Å². The highest BCUT2D eigenvalue weighted by atomic mass is 79.9. The van der Waals surface area contributed by atoms with Crippen LogP contribution in [0.3, 0.4) is 0 Å². The summed E-state index contributed by atoms with van der Waals surface area (Å²) in [6, 6.07) is 2.80. The van der Waals surface area contributed by atoms with Crippen LogP contribution in [-0.2, 0) is 4.74 Å². The Morgan fingerprint density at radius 2 is 2.05 bits per heavy atom. The van der Waals surface area contributed by atoms with Crippen molar-refractivity contribution in [3.8, 4) is 5.75 Å². The van der Waals surface area contributed by atoms with Gasteiger partial charge in [-0.3, -0.25) is 10.1 Å². The molecule has 0 heterocycles. The Morgan fingerprint density at radius 1 is 1.43 bits per heavy atom. The minimum Gasteiger partial charge on any atom is -0.485 e. The molecule has 3 atom stereocenters. The number of nitrogens with two attached hydrogens (primary N) is 1. The average Bonchev–Trinajstić information content (AvgIpc) is 2.41. The smallest absolute Gasteiger partial charge is 0.271 e. The summed E-state index contributed by atoms with van der Waals surface area (Å²) in [6.45, 7) is 2.67. The van der Waals surface area contributed by atoms with Gasteiger partial charge in [-0.2, -0.15) is 0 Å². The van der Waals surface area contributed by atoms with Crippen molar-refractivity contribution in [3.63, 3.8) is 0 Å². The Labute approximate surface area is 139 Å². The first kappa shape index (κ1) is 16.7. The Bertz CT molecular complexity index is 518. The van der Waals surface area contributed by atoms with Gasteiger partial charge in [0.15, 0.2) is 0 Å². The van der Waals surface area contributed by atoms with Gasteiger partial charge in [0.25, 0.3) is 5.69 Å². The van der Waals surface area contributed by atoms with E-state index in [-0.39, 0.29) is 23.9 Å². The van der Waals surface area contributed by atoms with E-state index in [1.54, 1.807) is 0 Å². The van der Waals surface area contributed by atoms with Crippen molar-refractivity contribution in [1.29, 1.82) is 0 Å². The molecule has 2 rings (SSSR count). The Morgan fingerprint density at radius 3 is 2.52 bits per heavy atom. The van der Waals surface area contributed by atoms with Gasteiger partial charge in [0.1, 0.15) is 18.0 Å². The summed E-state index contributed by atoms with van der Waals surface area (Å²) in [5.74, 6) is 0.530. The lowest BCUT2D eigenvalue weighted by Gasteiger charge is -2.42. The van der Waals surface area contributed by atoms with Gasteiger partial charge in [0.2, 0.25) is 0 Å². The first-order valence-corrected chi connectivity index (χ1v) is 8.20. The fourth-order valence-electron chi connectivity index (χ4n) is 2.13. The van der Waals surface area contributed by atoms with Gasteiger partial charge in [-0.1, -0.05) is 6.92 Å². The molecule has 0 saturated heterocycles. The van der Waals surface area contributed by atoms with E-state index >= 15 is 0 Å². The van der Waals surface area contributed by atoms with Crippen LogP contribution in [-0.4, -0.2) is 29.8 Å². The zero-order valence-corrected chi connectivity index (χ0v) is 14.6. The van der Waals surface area contributed by atoms with E-state index in [0.29, 0.717) is 27.7 Å². The summed E-state index contributed by atoms with van der Waals surface area (Å²) < 4.78 is 12.6. The molecule has 8 heteroatoms. The molecule has 21 heavy (non-hydrogen) atoms. The molecule has 6 nitrogen and oxygen atoms in total. The molecule has 3 unspecified atom stereocenters. The second kappa shape index (κ2) is 7.04. The highest BCUT2D eigenvalue weighted by molar-refractivity contribution is 9.11. The molecule has 1 fully saturated rings. The number of nitro groups is 1. The maximum absolute atomic E-state index is 10.8. The number of benzene rings is 1. The summed E-state index contributed by atoms with van der Waals surface area (Å²) >= 11 is 6.61. The molecule has 0 aliphatic heterocycles. The minimum atomic E-state index is -0.453. The van der Waals surface area contributed by atoms with Crippen LogP contribution in [0.15, 0.2) is 21.1 Å². The number of non-ortho nitro benzene ring substituents is 1. The first-order valence-electron chi connectivity index (χ1n) is 6.61. The van der Waals surface area contributed by atoms with Crippen LogP contribution in [0.1, 0.15) is 19.8 Å². The third kappa shape index (κ3) is 3.74. The van der Waals surface area contributed by atoms with Crippen LogP contribution in [0.5, 0.6) is 5.75 Å². The Hall–Kier alpha value is -0.700. The molecule has 1 aliphatic carbocycles. The number of ether oxygens (including phenoxy) is 2. The summed E-state index contributed by atoms with van der Waals surface area (Å²) in [6.07, 6.45) is 1.34. The van der Waals surface area contributed by atoms with Crippen molar-refractivity contribution >= 4 is 37.5 Å². The predicted octanol–water partition coefficient (Wildman–Crippen LogP) is 3.39. The van der Waals surface area contributed by atoms with Gasteiger partial charge in [0, 0.05) is 31.2 Å².